The number of methoxy groups -OCH3 is 1. The fourth-order valence-corrected chi connectivity index (χ4v) is 4.35. The van der Waals surface area contributed by atoms with E-state index in [2.05, 4.69) is 13.8 Å². The van der Waals surface area contributed by atoms with Crippen LogP contribution in [0.3, 0.4) is 0 Å². The first-order valence-electron chi connectivity index (χ1n) is 12.1. The molecule has 7 heteroatoms. The number of hydrogen-bond acceptors (Lipinski definition) is 6. The second-order valence-electron chi connectivity index (χ2n) is 9.57. The molecule has 1 aliphatic rings. The van der Waals surface area contributed by atoms with Gasteiger partial charge in [0.05, 0.1) is 30.9 Å². The second kappa shape index (κ2) is 10.8. The number of ketones is 1. The van der Waals surface area contributed by atoms with Crippen molar-refractivity contribution < 1.29 is 29.3 Å². The van der Waals surface area contributed by atoms with Gasteiger partial charge in [-0.3, -0.25) is 9.59 Å². The Kier molecular flexibility index (Phi) is 7.53. The summed E-state index contributed by atoms with van der Waals surface area (Å²) in [7, 11) is 1.48. The van der Waals surface area contributed by atoms with Crippen molar-refractivity contribution in [3.63, 3.8) is 0 Å². The molecule has 1 unspecified atom stereocenters. The SMILES string of the molecule is COc1ccc(C)cc1/C(O)=C1\C(=O)C(=O)N(Cc2ccc(OCC(C)C)cc2)C1c1ccc(O)cc1. The number of hydrogen-bond donors (Lipinski definition) is 2. The Hall–Kier alpha value is -4.26. The van der Waals surface area contributed by atoms with Crippen LogP contribution in [0.2, 0.25) is 0 Å². The van der Waals surface area contributed by atoms with Crippen LogP contribution in [-0.4, -0.2) is 40.5 Å². The highest BCUT2D eigenvalue weighted by atomic mass is 16.5. The lowest BCUT2D eigenvalue weighted by atomic mass is 9.94. The van der Waals surface area contributed by atoms with Crippen LogP contribution < -0.4 is 9.47 Å². The number of aryl methyl sites for hydroxylation is 1. The van der Waals surface area contributed by atoms with Gasteiger partial charge in [-0.1, -0.05) is 49.7 Å². The van der Waals surface area contributed by atoms with Gasteiger partial charge in [0, 0.05) is 6.54 Å². The van der Waals surface area contributed by atoms with Gasteiger partial charge in [-0.2, -0.15) is 0 Å². The highest BCUT2D eigenvalue weighted by Crippen LogP contribution is 2.42. The second-order valence-corrected chi connectivity index (χ2v) is 9.57. The van der Waals surface area contributed by atoms with E-state index >= 15 is 0 Å². The summed E-state index contributed by atoms with van der Waals surface area (Å²) in [6.45, 7) is 6.74. The van der Waals surface area contributed by atoms with E-state index in [1.54, 1.807) is 24.3 Å². The summed E-state index contributed by atoms with van der Waals surface area (Å²) in [5, 5.41) is 21.2. The van der Waals surface area contributed by atoms with Gasteiger partial charge >= 0.3 is 0 Å². The summed E-state index contributed by atoms with van der Waals surface area (Å²) in [6, 6.07) is 18.0. The van der Waals surface area contributed by atoms with Crippen LogP contribution >= 0.6 is 0 Å². The fraction of sp³-hybridized carbons (Fsp3) is 0.267. The van der Waals surface area contributed by atoms with E-state index in [1.807, 2.05) is 37.3 Å². The molecule has 1 amide bonds. The third kappa shape index (κ3) is 5.45. The number of phenols is 1. The van der Waals surface area contributed by atoms with Crippen LogP contribution in [-0.2, 0) is 16.1 Å². The van der Waals surface area contributed by atoms with Gasteiger partial charge in [-0.15, -0.1) is 0 Å². The number of likely N-dealkylation sites (tertiary alicyclic amines) is 1. The molecule has 1 aliphatic heterocycles. The molecule has 1 heterocycles. The van der Waals surface area contributed by atoms with Crippen LogP contribution in [0.25, 0.3) is 5.76 Å². The van der Waals surface area contributed by atoms with Crippen molar-refractivity contribution in [1.82, 2.24) is 4.90 Å². The number of aromatic hydroxyl groups is 1. The standard InChI is InChI=1S/C30H31NO6/c1-18(2)17-37-23-12-6-20(7-13-23)16-31-27(21-8-10-22(32)11-9-21)26(29(34)30(31)35)28(33)24-15-19(3)5-14-25(24)36-4/h5-15,18,27,32-33H,16-17H2,1-4H3/b28-26+. The number of benzene rings is 3. The molecule has 7 nitrogen and oxygen atoms in total. The maximum absolute atomic E-state index is 13.3. The highest BCUT2D eigenvalue weighted by Gasteiger charge is 2.46. The quantitative estimate of drug-likeness (QED) is 0.245. The maximum Gasteiger partial charge on any atom is 0.295 e. The Balaban J connectivity index is 1.77. The summed E-state index contributed by atoms with van der Waals surface area (Å²) in [5.41, 5.74) is 2.54. The number of aliphatic hydroxyl groups excluding tert-OH is 1. The van der Waals surface area contributed by atoms with Gasteiger partial charge in [0.25, 0.3) is 11.7 Å². The molecule has 1 atom stereocenters. The zero-order valence-corrected chi connectivity index (χ0v) is 21.4. The van der Waals surface area contributed by atoms with Crippen LogP contribution in [0.15, 0.2) is 72.3 Å². The Morgan fingerprint density at radius 2 is 1.68 bits per heavy atom. The zero-order chi connectivity index (χ0) is 26.7. The number of amides is 1. The minimum atomic E-state index is -0.859. The number of rotatable bonds is 8. The van der Waals surface area contributed by atoms with Gasteiger partial charge in [0.1, 0.15) is 23.0 Å². The van der Waals surface area contributed by atoms with Crippen molar-refractivity contribution >= 4 is 17.4 Å². The Morgan fingerprint density at radius 3 is 2.30 bits per heavy atom. The van der Waals surface area contributed by atoms with Crippen molar-refractivity contribution in [3.8, 4) is 17.2 Å². The molecular formula is C30H31NO6. The molecule has 37 heavy (non-hydrogen) atoms. The lowest BCUT2D eigenvalue weighted by Crippen LogP contribution is -2.29. The Labute approximate surface area is 216 Å². The molecule has 0 spiro atoms. The largest absolute Gasteiger partial charge is 0.508 e. The van der Waals surface area contributed by atoms with E-state index in [0.717, 1.165) is 16.9 Å². The average Bonchev–Trinajstić information content (AvgIpc) is 3.13. The van der Waals surface area contributed by atoms with Gasteiger partial charge in [0.2, 0.25) is 0 Å². The van der Waals surface area contributed by atoms with Crippen LogP contribution in [0.1, 0.15) is 42.1 Å². The van der Waals surface area contributed by atoms with Gasteiger partial charge < -0.3 is 24.6 Å². The predicted octanol–water partition coefficient (Wildman–Crippen LogP) is 5.37. The lowest BCUT2D eigenvalue weighted by molar-refractivity contribution is -0.140. The molecule has 0 aliphatic carbocycles. The normalized spacial score (nSPS) is 16.9. The van der Waals surface area contributed by atoms with E-state index < -0.39 is 17.7 Å². The van der Waals surface area contributed by atoms with Crippen molar-refractivity contribution in [3.05, 3.63) is 94.6 Å². The third-order valence-electron chi connectivity index (χ3n) is 6.22. The van der Waals surface area contributed by atoms with E-state index in [0.29, 0.717) is 29.4 Å². The minimum absolute atomic E-state index is 0.0310. The topological polar surface area (TPSA) is 96.3 Å². The van der Waals surface area contributed by atoms with E-state index in [9.17, 15) is 19.8 Å². The van der Waals surface area contributed by atoms with Crippen LogP contribution in [0, 0.1) is 12.8 Å². The number of carbonyl (C=O) groups excluding carboxylic acids is 2. The summed E-state index contributed by atoms with van der Waals surface area (Å²) in [6.07, 6.45) is 0. The molecule has 1 saturated heterocycles. The zero-order valence-electron chi connectivity index (χ0n) is 21.4. The average molecular weight is 502 g/mol. The van der Waals surface area contributed by atoms with E-state index in [-0.39, 0.29) is 23.6 Å². The highest BCUT2D eigenvalue weighted by molar-refractivity contribution is 6.46. The van der Waals surface area contributed by atoms with Crippen molar-refractivity contribution in [1.29, 1.82) is 0 Å². The number of ether oxygens (including phenoxy) is 2. The molecular weight excluding hydrogens is 470 g/mol. The number of Topliss-reactive ketones (excluding diaryl/α,β-unsaturated/α-hetero) is 1. The molecule has 0 aromatic heterocycles. The van der Waals surface area contributed by atoms with E-state index in [4.69, 9.17) is 9.47 Å². The van der Waals surface area contributed by atoms with Crippen molar-refractivity contribution in [2.75, 3.05) is 13.7 Å². The number of aliphatic hydroxyl groups is 1. The molecule has 3 aromatic rings. The summed E-state index contributed by atoms with van der Waals surface area (Å²) >= 11 is 0. The van der Waals surface area contributed by atoms with Gasteiger partial charge in [-0.25, -0.2) is 0 Å². The molecule has 3 aromatic carbocycles. The van der Waals surface area contributed by atoms with Crippen LogP contribution in [0.4, 0.5) is 0 Å². The first kappa shape index (κ1) is 25.8. The summed E-state index contributed by atoms with van der Waals surface area (Å²) < 4.78 is 11.2. The summed E-state index contributed by atoms with van der Waals surface area (Å²) in [4.78, 5) is 28.1. The Morgan fingerprint density at radius 1 is 1.00 bits per heavy atom. The smallest absolute Gasteiger partial charge is 0.295 e. The number of nitrogens with zero attached hydrogens (tertiary/aromatic N) is 1. The first-order valence-corrected chi connectivity index (χ1v) is 12.1. The molecule has 0 saturated carbocycles. The van der Waals surface area contributed by atoms with Crippen LogP contribution in [0.5, 0.6) is 17.2 Å². The molecule has 192 valence electrons. The van der Waals surface area contributed by atoms with Gasteiger partial charge in [0.15, 0.2) is 0 Å². The van der Waals surface area contributed by atoms with E-state index in [1.165, 1.54) is 24.1 Å². The maximum atomic E-state index is 13.3. The van der Waals surface area contributed by atoms with Crippen molar-refractivity contribution in [2.45, 2.75) is 33.4 Å². The minimum Gasteiger partial charge on any atom is -0.508 e. The fourth-order valence-electron chi connectivity index (χ4n) is 4.35. The Bertz CT molecular complexity index is 1330. The monoisotopic (exact) mass is 501 g/mol. The predicted molar refractivity (Wildman–Crippen MR) is 140 cm³/mol. The number of carbonyl (C=O) groups is 2. The third-order valence-corrected chi connectivity index (χ3v) is 6.22. The molecule has 0 radical (unpaired) electrons. The number of phenolic OH excluding ortho intramolecular Hbond substituents is 1. The lowest BCUT2D eigenvalue weighted by Gasteiger charge is -2.26. The summed E-state index contributed by atoms with van der Waals surface area (Å²) in [5.74, 6) is -0.252. The first-order chi connectivity index (χ1) is 17.7. The van der Waals surface area contributed by atoms with Gasteiger partial charge in [-0.05, 0) is 60.4 Å². The molecule has 2 N–H and O–H groups in total. The molecule has 1 fully saturated rings. The molecule has 0 bridgehead atoms. The van der Waals surface area contributed by atoms with Crippen molar-refractivity contribution in [2.24, 2.45) is 5.92 Å². The molecule has 4 rings (SSSR count).